The number of hydrogen-bond donors (Lipinski definition) is 1. The molecule has 0 unspecified atom stereocenters. The fraction of sp³-hybridized carbons (Fsp3) is 0.211. The molecule has 3 aromatic rings. The fourth-order valence-electron chi connectivity index (χ4n) is 2.33. The largest absolute Gasteiger partial charge is 0.411 e. The second kappa shape index (κ2) is 8.14. The first-order chi connectivity index (χ1) is 12.5. The van der Waals surface area contributed by atoms with Gasteiger partial charge in [0.15, 0.2) is 0 Å². The monoisotopic (exact) mass is 371 g/mol. The Bertz CT molecular complexity index is 868. The third-order valence-electron chi connectivity index (χ3n) is 3.80. The predicted molar refractivity (Wildman–Crippen MR) is 98.0 cm³/mol. The van der Waals surface area contributed by atoms with Crippen LogP contribution in [0.25, 0.3) is 11.5 Å². The molecule has 0 aliphatic heterocycles. The van der Waals surface area contributed by atoms with Crippen molar-refractivity contribution in [3.8, 4) is 11.5 Å². The van der Waals surface area contributed by atoms with Crippen LogP contribution in [0.3, 0.4) is 0 Å². The first kappa shape index (κ1) is 18.1. The Morgan fingerprint density at radius 2 is 1.77 bits per heavy atom. The van der Waals surface area contributed by atoms with E-state index in [4.69, 9.17) is 4.42 Å². The Kier molecular flexibility index (Phi) is 5.68. The first-order valence-electron chi connectivity index (χ1n) is 8.14. The van der Waals surface area contributed by atoms with Gasteiger partial charge in [-0.25, -0.2) is 4.39 Å². The summed E-state index contributed by atoms with van der Waals surface area (Å²) in [5, 5.41) is 10.8. The lowest BCUT2D eigenvalue weighted by atomic mass is 10.1. The van der Waals surface area contributed by atoms with Crippen molar-refractivity contribution in [2.24, 2.45) is 0 Å². The number of carbonyl (C=O) groups excluding carboxylic acids is 1. The molecule has 0 fully saturated rings. The number of nitrogens with zero attached hydrogens (tertiary/aromatic N) is 2. The van der Waals surface area contributed by atoms with E-state index in [0.29, 0.717) is 11.1 Å². The van der Waals surface area contributed by atoms with Crippen molar-refractivity contribution < 1.29 is 13.6 Å². The van der Waals surface area contributed by atoms with Gasteiger partial charge in [0.25, 0.3) is 5.22 Å². The van der Waals surface area contributed by atoms with Gasteiger partial charge in [0.05, 0.1) is 11.3 Å². The molecule has 1 amide bonds. The van der Waals surface area contributed by atoms with Crippen LogP contribution in [0.15, 0.2) is 64.2 Å². The van der Waals surface area contributed by atoms with Gasteiger partial charge in [0.1, 0.15) is 5.82 Å². The molecule has 0 aliphatic rings. The van der Waals surface area contributed by atoms with E-state index in [1.807, 2.05) is 37.3 Å². The third-order valence-corrected chi connectivity index (χ3v) is 4.74. The minimum absolute atomic E-state index is 0.161. The van der Waals surface area contributed by atoms with Gasteiger partial charge in [-0.05, 0) is 43.7 Å². The van der Waals surface area contributed by atoms with Crippen LogP contribution in [0.1, 0.15) is 25.5 Å². The number of halogens is 1. The van der Waals surface area contributed by atoms with Crippen LogP contribution in [0.5, 0.6) is 0 Å². The molecule has 3 rings (SSSR count). The number of nitrogens with one attached hydrogen (secondary N) is 1. The maximum Gasteiger partial charge on any atom is 0.277 e. The van der Waals surface area contributed by atoms with Crippen molar-refractivity contribution in [1.29, 1.82) is 0 Å². The normalized spacial score (nSPS) is 13.2. The summed E-state index contributed by atoms with van der Waals surface area (Å²) >= 11 is 1.19. The lowest BCUT2D eigenvalue weighted by molar-refractivity contribution is -0.120. The molecule has 0 spiro atoms. The second-order valence-electron chi connectivity index (χ2n) is 5.78. The smallest absolute Gasteiger partial charge is 0.277 e. The summed E-state index contributed by atoms with van der Waals surface area (Å²) in [4.78, 5) is 12.4. The van der Waals surface area contributed by atoms with E-state index in [2.05, 4.69) is 15.5 Å². The number of rotatable bonds is 6. The summed E-state index contributed by atoms with van der Waals surface area (Å²) in [6.07, 6.45) is 0. The van der Waals surface area contributed by atoms with E-state index in [-0.39, 0.29) is 17.8 Å². The summed E-state index contributed by atoms with van der Waals surface area (Å²) in [5.41, 5.74) is 1.66. The molecule has 0 bridgehead atoms. The summed E-state index contributed by atoms with van der Waals surface area (Å²) in [6.45, 7) is 3.62. The zero-order chi connectivity index (χ0) is 18.5. The molecule has 2 aromatic carbocycles. The summed E-state index contributed by atoms with van der Waals surface area (Å²) in [5.74, 6) is -0.0477. The number of benzene rings is 2. The predicted octanol–water partition coefficient (Wildman–Crippen LogP) is 4.23. The quantitative estimate of drug-likeness (QED) is 0.657. The topological polar surface area (TPSA) is 68.0 Å². The van der Waals surface area contributed by atoms with E-state index in [1.165, 1.54) is 23.9 Å². The maximum atomic E-state index is 13.0. The minimum Gasteiger partial charge on any atom is -0.411 e. The molecule has 1 aromatic heterocycles. The summed E-state index contributed by atoms with van der Waals surface area (Å²) in [7, 11) is 0. The Labute approximate surface area is 155 Å². The zero-order valence-corrected chi connectivity index (χ0v) is 15.2. The van der Waals surface area contributed by atoms with Crippen LogP contribution in [-0.2, 0) is 4.79 Å². The molecule has 0 saturated heterocycles. The average molecular weight is 371 g/mol. The zero-order valence-electron chi connectivity index (χ0n) is 14.3. The summed E-state index contributed by atoms with van der Waals surface area (Å²) in [6, 6.07) is 15.3. The van der Waals surface area contributed by atoms with Crippen molar-refractivity contribution in [1.82, 2.24) is 15.5 Å². The van der Waals surface area contributed by atoms with Crippen molar-refractivity contribution in [3.63, 3.8) is 0 Å². The Morgan fingerprint density at radius 1 is 1.08 bits per heavy atom. The van der Waals surface area contributed by atoms with Crippen molar-refractivity contribution in [3.05, 3.63) is 66.0 Å². The molecular formula is C19H18FN3O2S. The van der Waals surface area contributed by atoms with Crippen molar-refractivity contribution in [2.75, 3.05) is 0 Å². The molecule has 0 radical (unpaired) electrons. The molecular weight excluding hydrogens is 353 g/mol. The van der Waals surface area contributed by atoms with E-state index >= 15 is 0 Å². The molecule has 0 aliphatic carbocycles. The Morgan fingerprint density at radius 3 is 2.46 bits per heavy atom. The minimum atomic E-state index is -0.415. The second-order valence-corrected chi connectivity index (χ2v) is 7.07. The molecule has 1 N–H and O–H groups in total. The highest BCUT2D eigenvalue weighted by Crippen LogP contribution is 2.26. The van der Waals surface area contributed by atoms with Crippen LogP contribution >= 0.6 is 11.8 Å². The van der Waals surface area contributed by atoms with Gasteiger partial charge in [-0.3, -0.25) is 4.79 Å². The van der Waals surface area contributed by atoms with Gasteiger partial charge in [0, 0.05) is 5.56 Å². The van der Waals surface area contributed by atoms with Gasteiger partial charge in [-0.1, -0.05) is 42.1 Å². The lowest BCUT2D eigenvalue weighted by Crippen LogP contribution is -2.33. The highest BCUT2D eigenvalue weighted by atomic mass is 32.2. The fourth-order valence-corrected chi connectivity index (χ4v) is 3.02. The highest BCUT2D eigenvalue weighted by Gasteiger charge is 2.20. The van der Waals surface area contributed by atoms with E-state index in [0.717, 1.165) is 11.1 Å². The summed E-state index contributed by atoms with van der Waals surface area (Å²) < 4.78 is 18.6. The van der Waals surface area contributed by atoms with Crippen LogP contribution in [0.2, 0.25) is 0 Å². The van der Waals surface area contributed by atoms with Gasteiger partial charge in [-0.15, -0.1) is 10.2 Å². The van der Waals surface area contributed by atoms with Crippen LogP contribution < -0.4 is 5.32 Å². The number of amides is 1. The highest BCUT2D eigenvalue weighted by molar-refractivity contribution is 8.00. The number of carbonyl (C=O) groups is 1. The molecule has 5 nitrogen and oxygen atoms in total. The van der Waals surface area contributed by atoms with Crippen LogP contribution in [-0.4, -0.2) is 21.4 Å². The Hall–Kier alpha value is -2.67. The molecule has 134 valence electrons. The third kappa shape index (κ3) is 4.49. The number of thioether (sulfide) groups is 1. The Balaban J connectivity index is 1.59. The lowest BCUT2D eigenvalue weighted by Gasteiger charge is -2.16. The SMILES string of the molecule is C[C@H](Sc1nnc(-c2ccccc2)o1)C(=O)N[C@H](C)c1ccc(F)cc1. The number of hydrogen-bond acceptors (Lipinski definition) is 5. The first-order valence-corrected chi connectivity index (χ1v) is 9.02. The van der Waals surface area contributed by atoms with Crippen molar-refractivity contribution in [2.45, 2.75) is 30.4 Å². The van der Waals surface area contributed by atoms with E-state index in [1.54, 1.807) is 19.1 Å². The van der Waals surface area contributed by atoms with Crippen molar-refractivity contribution >= 4 is 17.7 Å². The standard InChI is InChI=1S/C19H18FN3O2S/c1-12(14-8-10-16(20)11-9-14)21-17(24)13(2)26-19-23-22-18(25-19)15-6-4-3-5-7-15/h3-13H,1-2H3,(H,21,24)/t12-,13+/m1/s1. The molecule has 7 heteroatoms. The number of aromatic nitrogens is 2. The van der Waals surface area contributed by atoms with Gasteiger partial charge >= 0.3 is 0 Å². The van der Waals surface area contributed by atoms with E-state index in [9.17, 15) is 9.18 Å². The van der Waals surface area contributed by atoms with Crippen LogP contribution in [0.4, 0.5) is 4.39 Å². The molecule has 26 heavy (non-hydrogen) atoms. The molecule has 1 heterocycles. The maximum absolute atomic E-state index is 13.0. The van der Waals surface area contributed by atoms with Gasteiger partial charge in [-0.2, -0.15) is 0 Å². The average Bonchev–Trinajstić information content (AvgIpc) is 3.11. The van der Waals surface area contributed by atoms with E-state index < -0.39 is 5.25 Å². The van der Waals surface area contributed by atoms with Gasteiger partial charge in [0.2, 0.25) is 11.8 Å². The van der Waals surface area contributed by atoms with Gasteiger partial charge < -0.3 is 9.73 Å². The molecule has 0 saturated carbocycles. The van der Waals surface area contributed by atoms with Crippen LogP contribution in [0, 0.1) is 5.82 Å². The molecule has 2 atom stereocenters.